The summed E-state index contributed by atoms with van der Waals surface area (Å²) < 4.78 is 0. The van der Waals surface area contributed by atoms with Crippen molar-refractivity contribution >= 4 is 17.3 Å². The molecule has 3 heteroatoms. The number of thiocarbonyl (C=S) groups is 1. The second-order valence-electron chi connectivity index (χ2n) is 2.81. The lowest BCUT2D eigenvalue weighted by atomic mass is 9.96. The molecule has 0 spiro atoms. The minimum absolute atomic E-state index is 0.201. The molecular formula is C7H13N2S. The van der Waals surface area contributed by atoms with E-state index in [1.54, 1.807) is 0 Å². The van der Waals surface area contributed by atoms with Crippen LogP contribution in [0.4, 0.5) is 0 Å². The Morgan fingerprint density at radius 3 is 2.40 bits per heavy atom. The molecule has 1 fully saturated rings. The fourth-order valence-corrected chi connectivity index (χ4v) is 1.60. The van der Waals surface area contributed by atoms with Crippen LogP contribution in [0.3, 0.4) is 0 Å². The third kappa shape index (κ3) is 2.52. The summed E-state index contributed by atoms with van der Waals surface area (Å²) in [7, 11) is 0. The maximum Gasteiger partial charge on any atom is 0.185 e. The second kappa shape index (κ2) is 3.76. The molecule has 0 aliphatic heterocycles. The quantitative estimate of drug-likeness (QED) is 0.585. The minimum Gasteiger partial charge on any atom is -0.359 e. The number of hydrogen-bond acceptors (Lipinski definition) is 1. The van der Waals surface area contributed by atoms with Crippen molar-refractivity contribution in [2.75, 3.05) is 0 Å². The molecule has 0 atom stereocenters. The Hall–Kier alpha value is -0.310. The Kier molecular flexibility index (Phi) is 2.93. The number of hydrogen-bond donors (Lipinski definition) is 1. The van der Waals surface area contributed by atoms with Crippen LogP contribution in [0.25, 0.3) is 0 Å². The van der Waals surface area contributed by atoms with E-state index < -0.39 is 0 Å². The lowest BCUT2D eigenvalue weighted by Crippen LogP contribution is -2.35. The van der Waals surface area contributed by atoms with Gasteiger partial charge < -0.3 is 5.32 Å². The first-order chi connectivity index (χ1) is 4.79. The zero-order valence-corrected chi connectivity index (χ0v) is 6.84. The molecule has 1 aliphatic carbocycles. The summed E-state index contributed by atoms with van der Waals surface area (Å²) in [6.07, 6.45) is 6.32. The van der Waals surface area contributed by atoms with Crippen molar-refractivity contribution in [1.29, 1.82) is 0 Å². The van der Waals surface area contributed by atoms with Gasteiger partial charge in [0.05, 0.1) is 0 Å². The van der Waals surface area contributed by atoms with Crippen molar-refractivity contribution in [3.8, 4) is 0 Å². The summed E-state index contributed by atoms with van der Waals surface area (Å²) in [6, 6.07) is 0.499. The zero-order valence-electron chi connectivity index (χ0n) is 6.02. The topological polar surface area (TPSA) is 35.8 Å². The van der Waals surface area contributed by atoms with E-state index in [0.29, 0.717) is 6.04 Å². The molecule has 0 unspecified atom stereocenters. The predicted molar refractivity (Wildman–Crippen MR) is 45.7 cm³/mol. The van der Waals surface area contributed by atoms with Gasteiger partial charge in [-0.05, 0) is 25.1 Å². The van der Waals surface area contributed by atoms with Gasteiger partial charge in [-0.25, -0.2) is 0 Å². The van der Waals surface area contributed by atoms with Crippen LogP contribution in [0.15, 0.2) is 0 Å². The monoisotopic (exact) mass is 157 g/mol. The van der Waals surface area contributed by atoms with Crippen molar-refractivity contribution in [1.82, 2.24) is 11.1 Å². The van der Waals surface area contributed by atoms with Gasteiger partial charge in [0, 0.05) is 6.04 Å². The van der Waals surface area contributed by atoms with Gasteiger partial charge >= 0.3 is 0 Å². The lowest BCUT2D eigenvalue weighted by molar-refractivity contribution is 0.414. The summed E-state index contributed by atoms with van der Waals surface area (Å²) in [5.41, 5.74) is 7.03. The first-order valence-electron chi connectivity index (χ1n) is 3.81. The predicted octanol–water partition coefficient (Wildman–Crippen LogP) is 1.48. The normalized spacial score (nSPS) is 20.4. The van der Waals surface area contributed by atoms with Crippen LogP contribution in [0.5, 0.6) is 0 Å². The molecule has 1 saturated carbocycles. The SMILES string of the molecule is [NH]C(=S)NC1CCCCC1. The Bertz CT molecular complexity index is 119. The van der Waals surface area contributed by atoms with E-state index in [9.17, 15) is 0 Å². The van der Waals surface area contributed by atoms with Crippen LogP contribution in [0.1, 0.15) is 32.1 Å². The molecule has 2 nitrogen and oxygen atoms in total. The van der Waals surface area contributed by atoms with E-state index in [0.717, 1.165) is 0 Å². The molecule has 0 aromatic carbocycles. The molecule has 0 aromatic heterocycles. The summed E-state index contributed by atoms with van der Waals surface area (Å²) in [5, 5.41) is 3.18. The highest BCUT2D eigenvalue weighted by atomic mass is 32.1. The van der Waals surface area contributed by atoms with Crippen LogP contribution in [0.2, 0.25) is 0 Å². The van der Waals surface area contributed by atoms with E-state index in [1.807, 2.05) is 0 Å². The Labute approximate surface area is 67.2 Å². The van der Waals surface area contributed by atoms with Crippen LogP contribution in [0, 0.1) is 0 Å². The second-order valence-corrected chi connectivity index (χ2v) is 3.22. The van der Waals surface area contributed by atoms with Gasteiger partial charge in [0.1, 0.15) is 0 Å². The van der Waals surface area contributed by atoms with Gasteiger partial charge in [0.25, 0.3) is 0 Å². The summed E-state index contributed by atoms with van der Waals surface area (Å²) in [5.74, 6) is 0. The molecule has 0 aromatic rings. The molecule has 57 valence electrons. The van der Waals surface area contributed by atoms with E-state index >= 15 is 0 Å². The van der Waals surface area contributed by atoms with Gasteiger partial charge in [-0.2, -0.15) is 0 Å². The van der Waals surface area contributed by atoms with Crippen LogP contribution >= 0.6 is 12.2 Å². The highest BCUT2D eigenvalue weighted by Crippen LogP contribution is 2.16. The third-order valence-corrected chi connectivity index (χ3v) is 2.06. The van der Waals surface area contributed by atoms with Crippen LogP contribution < -0.4 is 11.1 Å². The zero-order chi connectivity index (χ0) is 7.40. The third-order valence-electron chi connectivity index (χ3n) is 1.94. The molecule has 10 heavy (non-hydrogen) atoms. The molecule has 1 rings (SSSR count). The van der Waals surface area contributed by atoms with Crippen LogP contribution in [-0.2, 0) is 0 Å². The largest absolute Gasteiger partial charge is 0.359 e. The summed E-state index contributed by atoms with van der Waals surface area (Å²) in [6.45, 7) is 0. The average Bonchev–Trinajstić information content (AvgIpc) is 1.88. The number of nitrogens with one attached hydrogen (secondary N) is 2. The van der Waals surface area contributed by atoms with E-state index in [4.69, 9.17) is 5.73 Å². The first-order valence-corrected chi connectivity index (χ1v) is 4.22. The number of rotatable bonds is 1. The van der Waals surface area contributed by atoms with Gasteiger partial charge in [-0.15, -0.1) is 0 Å². The highest BCUT2D eigenvalue weighted by molar-refractivity contribution is 7.80. The van der Waals surface area contributed by atoms with E-state index in [2.05, 4.69) is 17.5 Å². The molecule has 0 heterocycles. The molecule has 0 bridgehead atoms. The van der Waals surface area contributed by atoms with Gasteiger partial charge in [-0.1, -0.05) is 19.3 Å². The molecular weight excluding hydrogens is 144 g/mol. The smallest absolute Gasteiger partial charge is 0.185 e. The first kappa shape index (κ1) is 7.79. The van der Waals surface area contributed by atoms with Crippen molar-refractivity contribution in [3.05, 3.63) is 0 Å². The van der Waals surface area contributed by atoms with Crippen LogP contribution in [-0.4, -0.2) is 11.2 Å². The Balaban J connectivity index is 2.19. The minimum atomic E-state index is 0.201. The van der Waals surface area contributed by atoms with Crippen molar-refractivity contribution in [2.45, 2.75) is 38.1 Å². The van der Waals surface area contributed by atoms with Gasteiger partial charge in [-0.3, -0.25) is 5.73 Å². The maximum atomic E-state index is 7.03. The van der Waals surface area contributed by atoms with Crippen molar-refractivity contribution in [2.24, 2.45) is 0 Å². The van der Waals surface area contributed by atoms with Crippen molar-refractivity contribution < 1.29 is 0 Å². The Morgan fingerprint density at radius 2 is 1.90 bits per heavy atom. The molecule has 0 amide bonds. The summed E-state index contributed by atoms with van der Waals surface area (Å²) >= 11 is 4.63. The van der Waals surface area contributed by atoms with Crippen molar-refractivity contribution in [3.63, 3.8) is 0 Å². The summed E-state index contributed by atoms with van der Waals surface area (Å²) in [4.78, 5) is 0. The maximum absolute atomic E-state index is 7.03. The lowest BCUT2D eigenvalue weighted by Gasteiger charge is -2.22. The van der Waals surface area contributed by atoms with Gasteiger partial charge in [0.15, 0.2) is 5.11 Å². The fraction of sp³-hybridized carbons (Fsp3) is 0.857. The molecule has 1 radical (unpaired) electrons. The average molecular weight is 157 g/mol. The molecule has 0 saturated heterocycles. The fourth-order valence-electron chi connectivity index (χ4n) is 1.43. The highest BCUT2D eigenvalue weighted by Gasteiger charge is 2.12. The molecule has 1 aliphatic rings. The molecule has 2 N–H and O–H groups in total. The Morgan fingerprint density at radius 1 is 1.30 bits per heavy atom. The van der Waals surface area contributed by atoms with E-state index in [1.165, 1.54) is 32.1 Å². The van der Waals surface area contributed by atoms with Gasteiger partial charge in [0.2, 0.25) is 0 Å². The van der Waals surface area contributed by atoms with E-state index in [-0.39, 0.29) is 5.11 Å². The standard InChI is InChI=1S/C7H13N2S/c8-7(10)9-6-4-2-1-3-5-6/h6,8H,1-5H2,(H,9,10).